The maximum Gasteiger partial charge on any atom is 0.0914 e. The SMILES string of the molecule is CC(CNCC(O)c1ccccc1)CN1CCCC1. The van der Waals surface area contributed by atoms with E-state index in [1.165, 1.54) is 32.5 Å². The number of likely N-dealkylation sites (tertiary alicyclic amines) is 1. The van der Waals surface area contributed by atoms with E-state index in [1.807, 2.05) is 30.3 Å². The Kier molecular flexibility index (Phi) is 5.83. The van der Waals surface area contributed by atoms with Gasteiger partial charge in [0.25, 0.3) is 0 Å². The fourth-order valence-corrected chi connectivity index (χ4v) is 2.73. The summed E-state index contributed by atoms with van der Waals surface area (Å²) >= 11 is 0. The van der Waals surface area contributed by atoms with Crippen molar-refractivity contribution in [3.63, 3.8) is 0 Å². The third-order valence-electron chi connectivity index (χ3n) is 3.78. The van der Waals surface area contributed by atoms with E-state index >= 15 is 0 Å². The summed E-state index contributed by atoms with van der Waals surface area (Å²) in [6.07, 6.45) is 2.31. The van der Waals surface area contributed by atoms with E-state index in [2.05, 4.69) is 17.1 Å². The van der Waals surface area contributed by atoms with Crippen molar-refractivity contribution in [3.8, 4) is 0 Å². The highest BCUT2D eigenvalue weighted by molar-refractivity contribution is 5.17. The minimum Gasteiger partial charge on any atom is -0.387 e. The number of aliphatic hydroxyl groups is 1. The summed E-state index contributed by atoms with van der Waals surface area (Å²) in [6.45, 7) is 7.58. The van der Waals surface area contributed by atoms with Crippen molar-refractivity contribution in [3.05, 3.63) is 35.9 Å². The van der Waals surface area contributed by atoms with Crippen LogP contribution in [0.3, 0.4) is 0 Å². The van der Waals surface area contributed by atoms with Crippen molar-refractivity contribution in [2.45, 2.75) is 25.9 Å². The van der Waals surface area contributed by atoms with Crippen LogP contribution >= 0.6 is 0 Å². The Morgan fingerprint density at radius 1 is 1.16 bits per heavy atom. The second-order valence-electron chi connectivity index (χ2n) is 5.70. The Balaban J connectivity index is 1.62. The lowest BCUT2D eigenvalue weighted by Crippen LogP contribution is -2.33. The zero-order valence-electron chi connectivity index (χ0n) is 11.9. The average molecular weight is 262 g/mol. The van der Waals surface area contributed by atoms with E-state index in [9.17, 15) is 5.11 Å². The molecule has 2 rings (SSSR count). The Hall–Kier alpha value is -0.900. The van der Waals surface area contributed by atoms with Crippen molar-refractivity contribution in [2.24, 2.45) is 5.92 Å². The molecule has 0 aliphatic carbocycles. The molecule has 0 spiro atoms. The van der Waals surface area contributed by atoms with Crippen LogP contribution < -0.4 is 5.32 Å². The van der Waals surface area contributed by atoms with E-state index in [0.717, 1.165) is 12.1 Å². The van der Waals surface area contributed by atoms with Gasteiger partial charge in [-0.15, -0.1) is 0 Å². The van der Waals surface area contributed by atoms with Crippen LogP contribution in [0.2, 0.25) is 0 Å². The molecule has 0 aromatic heterocycles. The van der Waals surface area contributed by atoms with Crippen molar-refractivity contribution >= 4 is 0 Å². The fourth-order valence-electron chi connectivity index (χ4n) is 2.73. The third kappa shape index (κ3) is 4.94. The summed E-state index contributed by atoms with van der Waals surface area (Å²) in [6, 6.07) is 9.85. The molecule has 1 heterocycles. The highest BCUT2D eigenvalue weighted by Crippen LogP contribution is 2.12. The second-order valence-corrected chi connectivity index (χ2v) is 5.70. The van der Waals surface area contributed by atoms with Crippen LogP contribution in [-0.2, 0) is 0 Å². The predicted octanol–water partition coefficient (Wildman–Crippen LogP) is 2.04. The van der Waals surface area contributed by atoms with Gasteiger partial charge in [0.05, 0.1) is 6.10 Å². The first-order chi connectivity index (χ1) is 9.25. The molecular formula is C16H26N2O. The molecule has 1 aliphatic heterocycles. The Morgan fingerprint density at radius 2 is 1.84 bits per heavy atom. The van der Waals surface area contributed by atoms with Gasteiger partial charge in [-0.3, -0.25) is 0 Å². The Morgan fingerprint density at radius 3 is 2.53 bits per heavy atom. The van der Waals surface area contributed by atoms with Gasteiger partial charge < -0.3 is 15.3 Å². The number of aliphatic hydroxyl groups excluding tert-OH is 1. The lowest BCUT2D eigenvalue weighted by Gasteiger charge is -2.21. The van der Waals surface area contributed by atoms with Crippen molar-refractivity contribution < 1.29 is 5.11 Å². The first kappa shape index (κ1) is 14.5. The molecule has 1 aliphatic rings. The molecule has 19 heavy (non-hydrogen) atoms. The number of hydrogen-bond acceptors (Lipinski definition) is 3. The molecule has 0 saturated carbocycles. The molecular weight excluding hydrogens is 236 g/mol. The van der Waals surface area contributed by atoms with Crippen LogP contribution in [0.5, 0.6) is 0 Å². The van der Waals surface area contributed by atoms with E-state index in [0.29, 0.717) is 12.5 Å². The van der Waals surface area contributed by atoms with Gasteiger partial charge in [-0.1, -0.05) is 37.3 Å². The summed E-state index contributed by atoms with van der Waals surface area (Å²) in [5.74, 6) is 0.640. The lowest BCUT2D eigenvalue weighted by molar-refractivity contribution is 0.171. The monoisotopic (exact) mass is 262 g/mol. The Bertz CT molecular complexity index is 349. The third-order valence-corrected chi connectivity index (χ3v) is 3.78. The van der Waals surface area contributed by atoms with Gasteiger partial charge in [-0.2, -0.15) is 0 Å². The van der Waals surface area contributed by atoms with Crippen LogP contribution in [0.1, 0.15) is 31.4 Å². The quantitative estimate of drug-likeness (QED) is 0.789. The highest BCUT2D eigenvalue weighted by Gasteiger charge is 2.14. The van der Waals surface area contributed by atoms with Crippen LogP contribution in [0.4, 0.5) is 0 Å². The number of hydrogen-bond donors (Lipinski definition) is 2. The number of nitrogens with one attached hydrogen (secondary N) is 1. The van der Waals surface area contributed by atoms with Crippen LogP contribution in [-0.4, -0.2) is 42.7 Å². The van der Waals surface area contributed by atoms with Gasteiger partial charge in [0.2, 0.25) is 0 Å². The zero-order valence-corrected chi connectivity index (χ0v) is 11.9. The van der Waals surface area contributed by atoms with Gasteiger partial charge in [-0.05, 0) is 44.0 Å². The molecule has 2 unspecified atom stereocenters. The smallest absolute Gasteiger partial charge is 0.0914 e. The van der Waals surface area contributed by atoms with E-state index in [-0.39, 0.29) is 0 Å². The molecule has 1 saturated heterocycles. The van der Waals surface area contributed by atoms with E-state index in [1.54, 1.807) is 0 Å². The van der Waals surface area contributed by atoms with Crippen LogP contribution in [0.15, 0.2) is 30.3 Å². The minimum atomic E-state index is -0.403. The largest absolute Gasteiger partial charge is 0.387 e. The zero-order chi connectivity index (χ0) is 13.5. The maximum absolute atomic E-state index is 10.0. The fraction of sp³-hybridized carbons (Fsp3) is 0.625. The summed E-state index contributed by atoms with van der Waals surface area (Å²) < 4.78 is 0. The number of benzene rings is 1. The Labute approximate surface area is 116 Å². The van der Waals surface area contributed by atoms with Crippen molar-refractivity contribution in [1.82, 2.24) is 10.2 Å². The molecule has 1 fully saturated rings. The number of rotatable bonds is 7. The highest BCUT2D eigenvalue weighted by atomic mass is 16.3. The normalized spacial score (nSPS) is 19.5. The molecule has 2 atom stereocenters. The molecule has 1 aromatic rings. The number of nitrogens with zero attached hydrogens (tertiary/aromatic N) is 1. The minimum absolute atomic E-state index is 0.403. The molecule has 1 aromatic carbocycles. The van der Waals surface area contributed by atoms with E-state index < -0.39 is 6.10 Å². The summed E-state index contributed by atoms with van der Waals surface area (Å²) in [4.78, 5) is 2.54. The summed E-state index contributed by atoms with van der Waals surface area (Å²) in [5, 5.41) is 13.4. The molecule has 2 N–H and O–H groups in total. The molecule has 3 heteroatoms. The topological polar surface area (TPSA) is 35.5 Å². The summed E-state index contributed by atoms with van der Waals surface area (Å²) in [5.41, 5.74) is 0.988. The molecule has 3 nitrogen and oxygen atoms in total. The average Bonchev–Trinajstić information content (AvgIpc) is 2.92. The second kappa shape index (κ2) is 7.63. The van der Waals surface area contributed by atoms with Gasteiger partial charge in [0.15, 0.2) is 0 Å². The standard InChI is InChI=1S/C16H26N2O/c1-14(13-18-9-5-6-10-18)11-17-12-16(19)15-7-3-2-4-8-15/h2-4,7-8,14,16-17,19H,5-6,9-13H2,1H3. The predicted molar refractivity (Wildman–Crippen MR) is 79.1 cm³/mol. The van der Waals surface area contributed by atoms with Gasteiger partial charge in [-0.25, -0.2) is 0 Å². The summed E-state index contributed by atoms with van der Waals surface area (Å²) in [7, 11) is 0. The van der Waals surface area contributed by atoms with E-state index in [4.69, 9.17) is 0 Å². The van der Waals surface area contributed by atoms with Gasteiger partial charge >= 0.3 is 0 Å². The van der Waals surface area contributed by atoms with Crippen LogP contribution in [0, 0.1) is 5.92 Å². The molecule has 0 radical (unpaired) electrons. The maximum atomic E-state index is 10.0. The van der Waals surface area contributed by atoms with Crippen molar-refractivity contribution in [2.75, 3.05) is 32.7 Å². The molecule has 0 amide bonds. The molecule has 0 bridgehead atoms. The van der Waals surface area contributed by atoms with Gasteiger partial charge in [0.1, 0.15) is 0 Å². The lowest BCUT2D eigenvalue weighted by atomic mass is 10.1. The molecule has 106 valence electrons. The van der Waals surface area contributed by atoms with Crippen LogP contribution in [0.25, 0.3) is 0 Å². The van der Waals surface area contributed by atoms with Gasteiger partial charge in [0, 0.05) is 13.1 Å². The first-order valence-corrected chi connectivity index (χ1v) is 7.42. The van der Waals surface area contributed by atoms with Crippen molar-refractivity contribution in [1.29, 1.82) is 0 Å². The first-order valence-electron chi connectivity index (χ1n) is 7.42.